The zero-order valence-electron chi connectivity index (χ0n) is 9.85. The van der Waals surface area contributed by atoms with Crippen molar-refractivity contribution in [3.63, 3.8) is 0 Å². The van der Waals surface area contributed by atoms with E-state index in [1.54, 1.807) is 0 Å². The molecule has 0 heterocycles. The highest BCUT2D eigenvalue weighted by atomic mass is 16.5. The fourth-order valence-electron chi connectivity index (χ4n) is 1.31. The lowest BCUT2D eigenvalue weighted by Crippen LogP contribution is -2.35. The van der Waals surface area contributed by atoms with E-state index in [-0.39, 0.29) is 5.97 Å². The number of carbonyl (C=O) groups is 1. The number of hydrogen-bond donors (Lipinski definition) is 1. The van der Waals surface area contributed by atoms with Gasteiger partial charge in [0.05, 0.1) is 6.61 Å². The molecule has 0 radical (unpaired) electrons. The molecular formula is C13H19NO2. The Bertz CT molecular complexity index is 322. The molecule has 0 saturated carbocycles. The third-order valence-corrected chi connectivity index (χ3v) is 2.16. The van der Waals surface area contributed by atoms with E-state index >= 15 is 0 Å². The van der Waals surface area contributed by atoms with Gasteiger partial charge in [0.2, 0.25) is 0 Å². The molecule has 3 nitrogen and oxygen atoms in total. The first kappa shape index (κ1) is 12.7. The first-order chi connectivity index (χ1) is 7.59. The highest BCUT2D eigenvalue weighted by molar-refractivity contribution is 5.75. The van der Waals surface area contributed by atoms with Crippen LogP contribution in [0.4, 0.5) is 0 Å². The van der Waals surface area contributed by atoms with Crippen LogP contribution < -0.4 is 5.73 Å². The Morgan fingerprint density at radius 1 is 1.31 bits per heavy atom. The number of nitrogens with two attached hydrogens (primary N) is 1. The number of ether oxygens (including phenoxy) is 1. The number of esters is 1. The van der Waals surface area contributed by atoms with Crippen LogP contribution in [0.3, 0.4) is 0 Å². The minimum Gasteiger partial charge on any atom is -0.464 e. The van der Waals surface area contributed by atoms with Gasteiger partial charge in [-0.25, -0.2) is 0 Å². The minimum atomic E-state index is -0.568. The Hall–Kier alpha value is -1.35. The van der Waals surface area contributed by atoms with Crippen molar-refractivity contribution in [2.24, 2.45) is 11.7 Å². The second kappa shape index (κ2) is 6.28. The second-order valence-electron chi connectivity index (χ2n) is 4.32. The van der Waals surface area contributed by atoms with E-state index in [4.69, 9.17) is 10.5 Å². The fraction of sp³-hybridized carbons (Fsp3) is 0.462. The van der Waals surface area contributed by atoms with Crippen LogP contribution in [0.2, 0.25) is 0 Å². The van der Waals surface area contributed by atoms with Crippen molar-refractivity contribution in [3.8, 4) is 0 Å². The summed E-state index contributed by atoms with van der Waals surface area (Å²) in [6, 6.07) is 9.14. The average molecular weight is 221 g/mol. The highest BCUT2D eigenvalue weighted by Gasteiger charge is 2.15. The largest absolute Gasteiger partial charge is 0.464 e. The predicted molar refractivity (Wildman–Crippen MR) is 63.9 cm³/mol. The first-order valence-electron chi connectivity index (χ1n) is 5.55. The van der Waals surface area contributed by atoms with Crippen LogP contribution in [0.15, 0.2) is 30.3 Å². The normalized spacial score (nSPS) is 12.5. The molecule has 0 unspecified atom stereocenters. The summed E-state index contributed by atoms with van der Waals surface area (Å²) in [6.07, 6.45) is 0.526. The maximum atomic E-state index is 11.5. The zero-order chi connectivity index (χ0) is 12.0. The van der Waals surface area contributed by atoms with Crippen molar-refractivity contribution in [2.75, 3.05) is 6.61 Å². The van der Waals surface area contributed by atoms with Crippen molar-refractivity contribution in [1.82, 2.24) is 0 Å². The molecule has 16 heavy (non-hydrogen) atoms. The van der Waals surface area contributed by atoms with Gasteiger partial charge in [0.15, 0.2) is 0 Å². The van der Waals surface area contributed by atoms with E-state index in [0.29, 0.717) is 18.9 Å². The zero-order valence-corrected chi connectivity index (χ0v) is 9.85. The summed E-state index contributed by atoms with van der Waals surface area (Å²) in [5.74, 6) is 0.0189. The number of rotatable bonds is 5. The molecule has 0 amide bonds. The lowest BCUT2D eigenvalue weighted by Gasteiger charge is -2.12. The van der Waals surface area contributed by atoms with Gasteiger partial charge in [0, 0.05) is 0 Å². The molecule has 0 bridgehead atoms. The van der Waals surface area contributed by atoms with Gasteiger partial charge in [-0.3, -0.25) is 4.79 Å². The molecule has 0 aliphatic rings. The van der Waals surface area contributed by atoms with E-state index in [1.807, 2.05) is 44.2 Å². The quantitative estimate of drug-likeness (QED) is 0.771. The molecule has 1 atom stereocenters. The van der Waals surface area contributed by atoms with Crippen LogP contribution in [0.25, 0.3) is 0 Å². The van der Waals surface area contributed by atoms with Crippen LogP contribution >= 0.6 is 0 Å². The molecule has 3 heteroatoms. The van der Waals surface area contributed by atoms with Crippen LogP contribution in [0.1, 0.15) is 19.4 Å². The molecule has 0 spiro atoms. The SMILES string of the molecule is CC(C)COC(=O)[C@H](N)Cc1ccccc1. The smallest absolute Gasteiger partial charge is 0.323 e. The van der Waals surface area contributed by atoms with Gasteiger partial charge in [0.25, 0.3) is 0 Å². The van der Waals surface area contributed by atoms with Gasteiger partial charge < -0.3 is 10.5 Å². The van der Waals surface area contributed by atoms with Gasteiger partial charge in [-0.15, -0.1) is 0 Å². The number of carbonyl (C=O) groups excluding carboxylic acids is 1. The summed E-state index contributed by atoms with van der Waals surface area (Å²) in [4.78, 5) is 11.5. The Balaban J connectivity index is 2.40. The van der Waals surface area contributed by atoms with Gasteiger partial charge in [-0.1, -0.05) is 44.2 Å². The third-order valence-electron chi connectivity index (χ3n) is 2.16. The molecular weight excluding hydrogens is 202 g/mol. The number of hydrogen-bond acceptors (Lipinski definition) is 3. The molecule has 0 aromatic heterocycles. The Kier molecular flexibility index (Phi) is 4.99. The number of benzene rings is 1. The lowest BCUT2D eigenvalue weighted by atomic mass is 10.1. The van der Waals surface area contributed by atoms with Crippen molar-refractivity contribution in [2.45, 2.75) is 26.3 Å². The fourth-order valence-corrected chi connectivity index (χ4v) is 1.31. The van der Waals surface area contributed by atoms with Crippen LogP contribution in [0, 0.1) is 5.92 Å². The maximum absolute atomic E-state index is 11.5. The third kappa shape index (κ3) is 4.45. The van der Waals surface area contributed by atoms with E-state index < -0.39 is 6.04 Å². The summed E-state index contributed by atoms with van der Waals surface area (Å²) >= 11 is 0. The standard InChI is InChI=1S/C13H19NO2/c1-10(2)9-16-13(15)12(14)8-11-6-4-3-5-7-11/h3-7,10,12H,8-9,14H2,1-2H3/t12-/m1/s1. The molecule has 0 fully saturated rings. The Labute approximate surface area is 96.6 Å². The van der Waals surface area contributed by atoms with Gasteiger partial charge >= 0.3 is 5.97 Å². The molecule has 0 aliphatic heterocycles. The Morgan fingerprint density at radius 2 is 1.94 bits per heavy atom. The monoisotopic (exact) mass is 221 g/mol. The molecule has 1 aromatic carbocycles. The topological polar surface area (TPSA) is 52.3 Å². The Morgan fingerprint density at radius 3 is 2.50 bits per heavy atom. The summed E-state index contributed by atoms with van der Waals surface area (Å²) in [7, 11) is 0. The van der Waals surface area contributed by atoms with E-state index in [0.717, 1.165) is 5.56 Å². The lowest BCUT2D eigenvalue weighted by molar-refractivity contribution is -0.146. The van der Waals surface area contributed by atoms with Crippen molar-refractivity contribution in [1.29, 1.82) is 0 Å². The predicted octanol–water partition coefficient (Wildman–Crippen LogP) is 1.76. The van der Waals surface area contributed by atoms with Gasteiger partial charge in [-0.2, -0.15) is 0 Å². The summed E-state index contributed by atoms with van der Waals surface area (Å²) < 4.78 is 5.07. The summed E-state index contributed by atoms with van der Waals surface area (Å²) in [5, 5.41) is 0. The summed E-state index contributed by atoms with van der Waals surface area (Å²) in [6.45, 7) is 4.42. The highest BCUT2D eigenvalue weighted by Crippen LogP contribution is 2.03. The van der Waals surface area contributed by atoms with E-state index in [9.17, 15) is 4.79 Å². The molecule has 0 saturated heterocycles. The van der Waals surface area contributed by atoms with Crippen LogP contribution in [0.5, 0.6) is 0 Å². The van der Waals surface area contributed by atoms with Crippen molar-refractivity contribution < 1.29 is 9.53 Å². The summed E-state index contributed by atoms with van der Waals surface area (Å²) in [5.41, 5.74) is 6.81. The van der Waals surface area contributed by atoms with Crippen LogP contribution in [-0.4, -0.2) is 18.6 Å². The first-order valence-corrected chi connectivity index (χ1v) is 5.55. The molecule has 1 rings (SSSR count). The van der Waals surface area contributed by atoms with Crippen LogP contribution in [-0.2, 0) is 16.0 Å². The molecule has 2 N–H and O–H groups in total. The van der Waals surface area contributed by atoms with Crippen molar-refractivity contribution >= 4 is 5.97 Å². The average Bonchev–Trinajstić information content (AvgIpc) is 2.27. The van der Waals surface area contributed by atoms with Gasteiger partial charge in [0.1, 0.15) is 6.04 Å². The van der Waals surface area contributed by atoms with Gasteiger partial charge in [-0.05, 0) is 17.9 Å². The maximum Gasteiger partial charge on any atom is 0.323 e. The van der Waals surface area contributed by atoms with E-state index in [1.165, 1.54) is 0 Å². The molecule has 0 aliphatic carbocycles. The van der Waals surface area contributed by atoms with E-state index in [2.05, 4.69) is 0 Å². The molecule has 88 valence electrons. The minimum absolute atomic E-state index is 0.322. The second-order valence-corrected chi connectivity index (χ2v) is 4.32. The van der Waals surface area contributed by atoms with Crippen molar-refractivity contribution in [3.05, 3.63) is 35.9 Å². The molecule has 1 aromatic rings.